The zero-order valence-corrected chi connectivity index (χ0v) is 25.2. The highest BCUT2D eigenvalue weighted by molar-refractivity contribution is 5.87. The van der Waals surface area contributed by atoms with Crippen molar-refractivity contribution in [1.82, 2.24) is 15.2 Å². The van der Waals surface area contributed by atoms with E-state index < -0.39 is 6.10 Å². The molecule has 3 N–H and O–H groups in total. The van der Waals surface area contributed by atoms with Gasteiger partial charge in [-0.05, 0) is 55.3 Å². The Morgan fingerprint density at radius 3 is 2.57 bits per heavy atom. The number of ether oxygens (including phenoxy) is 2. The van der Waals surface area contributed by atoms with Crippen molar-refractivity contribution in [3.05, 3.63) is 116 Å². The SMILES string of the molecule is CN(CCOCCCCCCNCC(O)c1ccc(OCc2ccccc2)c2[nH]c(=O)ccc12)Cc1cccc([N+](=O)[O-])c1. The monoisotopic (exact) mass is 602 g/mol. The lowest BCUT2D eigenvalue weighted by Gasteiger charge is -2.17. The number of non-ortho nitro benzene ring substituents is 1. The number of nitro groups is 1. The number of nitro benzene ring substituents is 1. The molecule has 0 saturated carbocycles. The van der Waals surface area contributed by atoms with Crippen molar-refractivity contribution in [2.24, 2.45) is 0 Å². The molecule has 0 aliphatic heterocycles. The molecule has 234 valence electrons. The fourth-order valence-corrected chi connectivity index (χ4v) is 5.03. The maximum atomic E-state index is 12.1. The molecule has 1 heterocycles. The molecule has 44 heavy (non-hydrogen) atoms. The van der Waals surface area contributed by atoms with Crippen LogP contribution in [0, 0.1) is 10.1 Å². The van der Waals surface area contributed by atoms with Crippen LogP contribution in [0.2, 0.25) is 0 Å². The third-order valence-electron chi connectivity index (χ3n) is 7.41. The molecular weight excluding hydrogens is 560 g/mol. The van der Waals surface area contributed by atoms with Crippen molar-refractivity contribution in [3.63, 3.8) is 0 Å². The van der Waals surface area contributed by atoms with Crippen molar-refractivity contribution in [2.45, 2.75) is 44.9 Å². The first-order chi connectivity index (χ1) is 21.4. The highest BCUT2D eigenvalue weighted by atomic mass is 16.6. The lowest BCUT2D eigenvalue weighted by molar-refractivity contribution is -0.384. The van der Waals surface area contributed by atoms with Crippen LogP contribution in [0.15, 0.2) is 83.7 Å². The van der Waals surface area contributed by atoms with Gasteiger partial charge in [0.1, 0.15) is 12.4 Å². The number of hydrogen-bond donors (Lipinski definition) is 3. The van der Waals surface area contributed by atoms with Crippen LogP contribution in [-0.4, -0.2) is 59.8 Å². The van der Waals surface area contributed by atoms with Gasteiger partial charge in [-0.2, -0.15) is 0 Å². The summed E-state index contributed by atoms with van der Waals surface area (Å²) in [7, 11) is 1.98. The summed E-state index contributed by atoms with van der Waals surface area (Å²) < 4.78 is 11.8. The van der Waals surface area contributed by atoms with Crippen LogP contribution in [0.25, 0.3) is 10.9 Å². The smallest absolute Gasteiger partial charge is 0.269 e. The Bertz CT molecular complexity index is 1530. The molecule has 0 saturated heterocycles. The van der Waals surface area contributed by atoms with E-state index in [1.165, 1.54) is 12.1 Å². The number of fused-ring (bicyclic) bond motifs is 1. The van der Waals surface area contributed by atoms with E-state index in [-0.39, 0.29) is 16.2 Å². The van der Waals surface area contributed by atoms with Crippen molar-refractivity contribution in [1.29, 1.82) is 0 Å². The van der Waals surface area contributed by atoms with Gasteiger partial charge in [0.05, 0.1) is 23.2 Å². The van der Waals surface area contributed by atoms with E-state index in [1.807, 2.05) is 49.5 Å². The molecule has 0 spiro atoms. The minimum absolute atomic E-state index is 0.112. The highest BCUT2D eigenvalue weighted by Gasteiger charge is 2.15. The van der Waals surface area contributed by atoms with E-state index in [9.17, 15) is 20.0 Å². The summed E-state index contributed by atoms with van der Waals surface area (Å²) in [6.07, 6.45) is 3.39. The van der Waals surface area contributed by atoms with Gasteiger partial charge in [0.25, 0.3) is 5.69 Å². The molecule has 0 radical (unpaired) electrons. The zero-order chi connectivity index (χ0) is 31.1. The average molecular weight is 603 g/mol. The zero-order valence-electron chi connectivity index (χ0n) is 25.2. The van der Waals surface area contributed by atoms with Gasteiger partial charge in [-0.15, -0.1) is 0 Å². The van der Waals surface area contributed by atoms with Crippen molar-refractivity contribution >= 4 is 16.6 Å². The van der Waals surface area contributed by atoms with E-state index in [0.717, 1.165) is 60.8 Å². The van der Waals surface area contributed by atoms with E-state index in [1.54, 1.807) is 24.3 Å². The van der Waals surface area contributed by atoms with E-state index >= 15 is 0 Å². The van der Waals surface area contributed by atoms with Crippen LogP contribution in [0.1, 0.15) is 48.5 Å². The Balaban J connectivity index is 1.09. The van der Waals surface area contributed by atoms with Gasteiger partial charge in [-0.25, -0.2) is 0 Å². The number of aromatic nitrogens is 1. The second-order valence-electron chi connectivity index (χ2n) is 10.9. The number of likely N-dealkylation sites (N-methyl/N-ethyl adjacent to an activating group) is 1. The number of aliphatic hydroxyl groups is 1. The van der Waals surface area contributed by atoms with Crippen LogP contribution < -0.4 is 15.6 Å². The molecular formula is C34H42N4O6. The Morgan fingerprint density at radius 2 is 1.75 bits per heavy atom. The minimum atomic E-state index is -0.727. The quantitative estimate of drug-likeness (QED) is 0.0744. The van der Waals surface area contributed by atoms with Gasteiger partial charge < -0.3 is 24.9 Å². The Hall–Kier alpha value is -4.09. The third-order valence-corrected chi connectivity index (χ3v) is 7.41. The maximum absolute atomic E-state index is 12.1. The van der Waals surface area contributed by atoms with E-state index in [0.29, 0.717) is 44.2 Å². The van der Waals surface area contributed by atoms with Crippen LogP contribution in [0.5, 0.6) is 5.75 Å². The van der Waals surface area contributed by atoms with Crippen LogP contribution >= 0.6 is 0 Å². The van der Waals surface area contributed by atoms with Gasteiger partial charge in [-0.1, -0.05) is 61.4 Å². The van der Waals surface area contributed by atoms with Gasteiger partial charge >= 0.3 is 0 Å². The Morgan fingerprint density at radius 1 is 0.955 bits per heavy atom. The largest absolute Gasteiger partial charge is 0.487 e. The molecule has 4 rings (SSSR count). The number of benzene rings is 3. The van der Waals surface area contributed by atoms with Gasteiger partial charge in [-0.3, -0.25) is 19.8 Å². The molecule has 10 heteroatoms. The Kier molecular flexibility index (Phi) is 12.9. The van der Waals surface area contributed by atoms with E-state index in [4.69, 9.17) is 9.47 Å². The lowest BCUT2D eigenvalue weighted by Crippen LogP contribution is -2.23. The second kappa shape index (κ2) is 17.3. The summed E-state index contributed by atoms with van der Waals surface area (Å²) >= 11 is 0. The van der Waals surface area contributed by atoms with Crippen molar-refractivity contribution in [2.75, 3.05) is 39.9 Å². The molecule has 10 nitrogen and oxygen atoms in total. The van der Waals surface area contributed by atoms with Gasteiger partial charge in [0, 0.05) is 49.8 Å². The minimum Gasteiger partial charge on any atom is -0.487 e. The molecule has 4 aromatic rings. The van der Waals surface area contributed by atoms with Crippen molar-refractivity contribution < 1.29 is 19.5 Å². The number of aliphatic hydroxyl groups excluding tert-OH is 1. The van der Waals surface area contributed by atoms with Crippen LogP contribution in [-0.2, 0) is 17.9 Å². The molecule has 1 unspecified atom stereocenters. The molecule has 1 aromatic heterocycles. The highest BCUT2D eigenvalue weighted by Crippen LogP contribution is 2.30. The molecule has 0 amide bonds. The first kappa shape index (κ1) is 32.8. The lowest BCUT2D eigenvalue weighted by atomic mass is 10.0. The molecule has 3 aromatic carbocycles. The summed E-state index contributed by atoms with van der Waals surface area (Å²) in [5.74, 6) is 0.571. The predicted octanol–water partition coefficient (Wildman–Crippen LogP) is 5.35. The summed E-state index contributed by atoms with van der Waals surface area (Å²) in [6.45, 7) is 4.30. The average Bonchev–Trinajstić information content (AvgIpc) is 3.02. The molecule has 0 aliphatic rings. The second-order valence-corrected chi connectivity index (χ2v) is 10.9. The number of pyridine rings is 1. The first-order valence-corrected chi connectivity index (χ1v) is 15.1. The fourth-order valence-electron chi connectivity index (χ4n) is 5.03. The number of nitrogens with one attached hydrogen (secondary N) is 2. The van der Waals surface area contributed by atoms with Gasteiger partial charge in [0.15, 0.2) is 0 Å². The number of aromatic amines is 1. The third kappa shape index (κ3) is 10.3. The standard InChI is InChI=1S/C34H42N4O6/c1-37(24-27-12-9-13-28(22-27)38(41)42)19-21-43-20-8-3-2-7-18-35-23-31(39)29-14-16-32(34-30(29)15-17-33(40)36-34)44-25-26-10-5-4-6-11-26/h4-6,9-17,22,31,35,39H,2-3,7-8,18-21,23-25H2,1H3,(H,36,40). The van der Waals surface area contributed by atoms with E-state index in [2.05, 4.69) is 15.2 Å². The number of unbranched alkanes of at least 4 members (excludes halogenated alkanes) is 3. The maximum Gasteiger partial charge on any atom is 0.269 e. The molecule has 0 bridgehead atoms. The Labute approximate surface area is 257 Å². The van der Waals surface area contributed by atoms with Crippen molar-refractivity contribution in [3.8, 4) is 5.75 Å². The molecule has 0 fully saturated rings. The predicted molar refractivity (Wildman–Crippen MR) is 172 cm³/mol. The molecule has 1 atom stereocenters. The van der Waals surface area contributed by atoms with Gasteiger partial charge in [0.2, 0.25) is 5.56 Å². The number of hydrogen-bond acceptors (Lipinski definition) is 8. The normalized spacial score (nSPS) is 12.1. The van der Waals surface area contributed by atoms with Crippen LogP contribution in [0.4, 0.5) is 5.69 Å². The first-order valence-electron chi connectivity index (χ1n) is 15.1. The fraction of sp³-hybridized carbons (Fsp3) is 0.382. The summed E-state index contributed by atoms with van der Waals surface area (Å²) in [5, 5.41) is 26.0. The summed E-state index contributed by atoms with van der Waals surface area (Å²) in [4.78, 5) is 27.6. The molecule has 0 aliphatic carbocycles. The summed E-state index contributed by atoms with van der Waals surface area (Å²) in [6, 6.07) is 23.4. The topological polar surface area (TPSA) is 130 Å². The number of rotatable bonds is 19. The number of H-pyrrole nitrogens is 1. The number of nitrogens with zero attached hydrogens (tertiary/aromatic N) is 2. The summed E-state index contributed by atoms with van der Waals surface area (Å²) in [5.41, 5.74) is 3.16. The van der Waals surface area contributed by atoms with Crippen LogP contribution in [0.3, 0.4) is 0 Å².